The molecule has 19 heavy (non-hydrogen) atoms. The fourth-order valence-corrected chi connectivity index (χ4v) is 2.01. The summed E-state index contributed by atoms with van der Waals surface area (Å²) in [6.07, 6.45) is 0. The second-order valence-corrected chi connectivity index (χ2v) is 4.52. The maximum Gasteiger partial charge on any atom is 0.387 e. The van der Waals surface area contributed by atoms with Crippen LogP contribution in [0.4, 0.5) is 13.2 Å². The maximum absolute atomic E-state index is 13.4. The number of hydrogen-bond acceptors (Lipinski definition) is 1. The molecular formula is C13H7Cl2F3O. The van der Waals surface area contributed by atoms with Gasteiger partial charge >= 0.3 is 6.61 Å². The molecule has 0 spiro atoms. The minimum absolute atomic E-state index is 0.277. The molecule has 0 fully saturated rings. The Hall–Kier alpha value is -1.39. The van der Waals surface area contributed by atoms with Crippen LogP contribution in [0.1, 0.15) is 0 Å². The van der Waals surface area contributed by atoms with Crippen molar-refractivity contribution in [3.05, 3.63) is 52.3 Å². The van der Waals surface area contributed by atoms with Crippen molar-refractivity contribution >= 4 is 23.2 Å². The van der Waals surface area contributed by atoms with Gasteiger partial charge in [-0.3, -0.25) is 0 Å². The highest BCUT2D eigenvalue weighted by molar-refractivity contribution is 6.35. The number of alkyl halides is 2. The molecule has 1 nitrogen and oxygen atoms in total. The van der Waals surface area contributed by atoms with E-state index in [1.54, 1.807) is 6.07 Å². The molecule has 0 saturated heterocycles. The molecule has 0 radical (unpaired) electrons. The summed E-state index contributed by atoms with van der Waals surface area (Å²) < 4.78 is 41.8. The van der Waals surface area contributed by atoms with Crippen molar-refractivity contribution in [3.63, 3.8) is 0 Å². The van der Waals surface area contributed by atoms with Gasteiger partial charge in [-0.15, -0.1) is 0 Å². The van der Waals surface area contributed by atoms with Crippen molar-refractivity contribution < 1.29 is 17.9 Å². The molecule has 0 atom stereocenters. The Morgan fingerprint density at radius 1 is 1.00 bits per heavy atom. The molecule has 2 rings (SSSR count). The molecule has 2 aromatic rings. The molecule has 0 aromatic heterocycles. The van der Waals surface area contributed by atoms with E-state index in [4.69, 9.17) is 23.2 Å². The molecule has 100 valence electrons. The molecular weight excluding hydrogens is 300 g/mol. The maximum atomic E-state index is 13.4. The Morgan fingerprint density at radius 2 is 1.74 bits per heavy atom. The van der Waals surface area contributed by atoms with Gasteiger partial charge in [0, 0.05) is 21.7 Å². The zero-order chi connectivity index (χ0) is 14.0. The molecule has 2 aromatic carbocycles. The molecule has 0 bridgehead atoms. The van der Waals surface area contributed by atoms with E-state index in [0.717, 1.165) is 12.1 Å². The predicted octanol–water partition coefficient (Wildman–Crippen LogP) is 5.40. The third-order valence-corrected chi connectivity index (χ3v) is 2.90. The van der Waals surface area contributed by atoms with E-state index in [9.17, 15) is 13.2 Å². The lowest BCUT2D eigenvalue weighted by Gasteiger charge is -2.09. The molecule has 0 aliphatic carbocycles. The molecule has 0 aliphatic heterocycles. The molecule has 0 amide bonds. The number of halogens is 5. The van der Waals surface area contributed by atoms with Crippen molar-refractivity contribution in [2.75, 3.05) is 0 Å². The van der Waals surface area contributed by atoms with Crippen molar-refractivity contribution in [3.8, 4) is 16.9 Å². The van der Waals surface area contributed by atoms with E-state index >= 15 is 0 Å². The van der Waals surface area contributed by atoms with Crippen LogP contribution >= 0.6 is 23.2 Å². The van der Waals surface area contributed by atoms with Crippen LogP contribution in [0, 0.1) is 5.82 Å². The van der Waals surface area contributed by atoms with E-state index in [2.05, 4.69) is 4.74 Å². The van der Waals surface area contributed by atoms with Gasteiger partial charge in [-0.25, -0.2) is 4.39 Å². The number of benzene rings is 2. The van der Waals surface area contributed by atoms with Gasteiger partial charge in [-0.2, -0.15) is 8.78 Å². The average molecular weight is 307 g/mol. The second-order valence-electron chi connectivity index (χ2n) is 3.68. The van der Waals surface area contributed by atoms with Gasteiger partial charge in [-0.1, -0.05) is 23.2 Å². The molecule has 0 unspecified atom stereocenters. The minimum Gasteiger partial charge on any atom is -0.435 e. The molecule has 0 heterocycles. The van der Waals surface area contributed by atoms with Gasteiger partial charge in [0.15, 0.2) is 0 Å². The van der Waals surface area contributed by atoms with Gasteiger partial charge in [0.05, 0.1) is 0 Å². The lowest BCUT2D eigenvalue weighted by molar-refractivity contribution is -0.0499. The van der Waals surface area contributed by atoms with E-state index in [1.165, 1.54) is 18.2 Å². The molecule has 0 saturated carbocycles. The summed E-state index contributed by atoms with van der Waals surface area (Å²) in [7, 11) is 0. The molecule has 6 heteroatoms. The van der Waals surface area contributed by atoms with Crippen LogP contribution in [-0.2, 0) is 0 Å². The molecule has 0 aliphatic rings. The monoisotopic (exact) mass is 306 g/mol. The van der Waals surface area contributed by atoms with Crippen molar-refractivity contribution in [2.45, 2.75) is 6.61 Å². The first-order valence-corrected chi connectivity index (χ1v) is 5.92. The quantitative estimate of drug-likeness (QED) is 0.737. The fourth-order valence-electron chi connectivity index (χ4n) is 1.61. The SMILES string of the molecule is Fc1cc(OC(F)F)cc(-c2cc(Cl)ccc2Cl)c1. The van der Waals surface area contributed by atoms with Gasteiger partial charge in [0.2, 0.25) is 0 Å². The summed E-state index contributed by atoms with van der Waals surface area (Å²) in [5.74, 6) is -0.981. The Bertz CT molecular complexity index is 602. The largest absolute Gasteiger partial charge is 0.435 e. The summed E-state index contributed by atoms with van der Waals surface area (Å²) >= 11 is 11.8. The normalized spacial score (nSPS) is 10.8. The summed E-state index contributed by atoms with van der Waals surface area (Å²) in [6.45, 7) is -3.02. The van der Waals surface area contributed by atoms with Gasteiger partial charge in [-0.05, 0) is 35.9 Å². The number of ether oxygens (including phenoxy) is 1. The summed E-state index contributed by atoms with van der Waals surface area (Å²) in [5.41, 5.74) is 0.746. The van der Waals surface area contributed by atoms with Crippen LogP contribution in [0.5, 0.6) is 5.75 Å². The lowest BCUT2D eigenvalue weighted by Crippen LogP contribution is -2.02. The highest BCUT2D eigenvalue weighted by Crippen LogP contribution is 2.33. The van der Waals surface area contributed by atoms with Crippen LogP contribution in [0.3, 0.4) is 0 Å². The van der Waals surface area contributed by atoms with Gasteiger partial charge in [0.1, 0.15) is 11.6 Å². The zero-order valence-corrected chi connectivity index (χ0v) is 10.9. The Kier molecular flexibility index (Phi) is 4.22. The average Bonchev–Trinajstić information content (AvgIpc) is 2.30. The van der Waals surface area contributed by atoms with Gasteiger partial charge < -0.3 is 4.74 Å². The van der Waals surface area contributed by atoms with Crippen LogP contribution in [0.25, 0.3) is 11.1 Å². The number of hydrogen-bond donors (Lipinski definition) is 0. The topological polar surface area (TPSA) is 9.23 Å². The van der Waals surface area contributed by atoms with E-state index in [0.29, 0.717) is 21.2 Å². The summed E-state index contributed by atoms with van der Waals surface area (Å²) in [4.78, 5) is 0. The van der Waals surface area contributed by atoms with Crippen LogP contribution < -0.4 is 4.74 Å². The van der Waals surface area contributed by atoms with Crippen molar-refractivity contribution in [1.82, 2.24) is 0 Å². The first-order valence-electron chi connectivity index (χ1n) is 5.16. The van der Waals surface area contributed by atoms with E-state index < -0.39 is 12.4 Å². The minimum atomic E-state index is -3.02. The highest BCUT2D eigenvalue weighted by Gasteiger charge is 2.11. The Morgan fingerprint density at radius 3 is 2.42 bits per heavy atom. The molecule has 0 N–H and O–H groups in total. The number of rotatable bonds is 3. The fraction of sp³-hybridized carbons (Fsp3) is 0.0769. The van der Waals surface area contributed by atoms with Crippen LogP contribution in [0.2, 0.25) is 10.0 Å². The smallest absolute Gasteiger partial charge is 0.387 e. The summed E-state index contributed by atoms with van der Waals surface area (Å²) in [5, 5.41) is 0.734. The van der Waals surface area contributed by atoms with E-state index in [-0.39, 0.29) is 5.75 Å². The van der Waals surface area contributed by atoms with Crippen molar-refractivity contribution in [2.24, 2.45) is 0 Å². The standard InChI is InChI=1S/C13H7Cl2F3O/c14-8-1-2-12(15)11(5-8)7-3-9(16)6-10(4-7)19-13(17)18/h1-6,13H. The van der Waals surface area contributed by atoms with Crippen molar-refractivity contribution in [1.29, 1.82) is 0 Å². The highest BCUT2D eigenvalue weighted by atomic mass is 35.5. The second kappa shape index (κ2) is 5.72. The third-order valence-electron chi connectivity index (χ3n) is 2.34. The van der Waals surface area contributed by atoms with Gasteiger partial charge in [0.25, 0.3) is 0 Å². The van der Waals surface area contributed by atoms with E-state index in [1.807, 2.05) is 0 Å². The third kappa shape index (κ3) is 3.55. The zero-order valence-electron chi connectivity index (χ0n) is 9.34. The Balaban J connectivity index is 2.49. The predicted molar refractivity (Wildman–Crippen MR) is 68.5 cm³/mol. The summed E-state index contributed by atoms with van der Waals surface area (Å²) in [6, 6.07) is 7.93. The van der Waals surface area contributed by atoms with Crippen LogP contribution in [-0.4, -0.2) is 6.61 Å². The Labute approximate surface area is 117 Å². The first kappa shape index (κ1) is 14.0. The van der Waals surface area contributed by atoms with Crippen LogP contribution in [0.15, 0.2) is 36.4 Å². The lowest BCUT2D eigenvalue weighted by atomic mass is 10.1. The first-order chi connectivity index (χ1) is 8.95.